The molecule has 1 saturated heterocycles. The summed E-state index contributed by atoms with van der Waals surface area (Å²) in [6.07, 6.45) is -0.563. The first kappa shape index (κ1) is 23.5. The van der Waals surface area contributed by atoms with E-state index in [1.165, 1.54) is 4.90 Å². The Hall–Kier alpha value is -3.12. The lowest BCUT2D eigenvalue weighted by molar-refractivity contribution is 0.0933. The summed E-state index contributed by atoms with van der Waals surface area (Å²) in [4.78, 5) is 24.9. The van der Waals surface area contributed by atoms with Gasteiger partial charge in [-0.1, -0.05) is 0 Å². The van der Waals surface area contributed by atoms with E-state index in [1.807, 2.05) is 0 Å². The molecule has 32 heavy (non-hydrogen) atoms. The minimum atomic E-state index is -4.31. The van der Waals surface area contributed by atoms with Crippen LogP contribution in [0.4, 0.5) is 23.7 Å². The monoisotopic (exact) mass is 471 g/mol. The summed E-state index contributed by atoms with van der Waals surface area (Å²) < 4.78 is 72.6. The highest BCUT2D eigenvalue weighted by Crippen LogP contribution is 2.23. The largest absolute Gasteiger partial charge is 0.450 e. The van der Waals surface area contributed by atoms with E-state index in [1.54, 1.807) is 6.92 Å². The number of halogens is 3. The van der Waals surface area contributed by atoms with Gasteiger partial charge in [-0.2, -0.15) is 4.31 Å². The molecule has 0 unspecified atom stereocenters. The molecule has 1 aliphatic heterocycles. The molecule has 1 N–H and O–H groups in total. The Morgan fingerprint density at radius 2 is 1.62 bits per heavy atom. The minimum absolute atomic E-state index is 0.0577. The smallest absolute Gasteiger partial charge is 0.409 e. The highest BCUT2D eigenvalue weighted by Gasteiger charge is 2.33. The first-order valence-corrected chi connectivity index (χ1v) is 11.0. The number of hydrogen-bond donors (Lipinski definition) is 1. The third-order valence-electron chi connectivity index (χ3n) is 4.75. The van der Waals surface area contributed by atoms with Gasteiger partial charge in [-0.25, -0.2) is 26.4 Å². The summed E-state index contributed by atoms with van der Waals surface area (Å²) in [5.74, 6) is -4.16. The van der Waals surface area contributed by atoms with Crippen LogP contribution in [0.3, 0.4) is 0 Å². The molecule has 0 spiro atoms. The Morgan fingerprint density at radius 1 is 0.969 bits per heavy atom. The Balaban J connectivity index is 1.78. The molecule has 0 radical (unpaired) electrons. The maximum Gasteiger partial charge on any atom is 0.409 e. The fourth-order valence-electron chi connectivity index (χ4n) is 3.08. The van der Waals surface area contributed by atoms with Gasteiger partial charge in [-0.3, -0.25) is 4.79 Å². The second kappa shape index (κ2) is 9.57. The normalized spacial score (nSPS) is 14.8. The summed E-state index contributed by atoms with van der Waals surface area (Å²) >= 11 is 0. The van der Waals surface area contributed by atoms with Crippen molar-refractivity contribution in [2.75, 3.05) is 38.1 Å². The highest BCUT2D eigenvalue weighted by atomic mass is 32.2. The van der Waals surface area contributed by atoms with Crippen LogP contribution in [-0.4, -0.2) is 62.4 Å². The van der Waals surface area contributed by atoms with Crippen molar-refractivity contribution < 1.29 is 35.9 Å². The van der Waals surface area contributed by atoms with Crippen LogP contribution in [-0.2, 0) is 14.8 Å². The van der Waals surface area contributed by atoms with Gasteiger partial charge < -0.3 is 15.0 Å². The Bertz CT molecular complexity index is 1140. The molecular weight excluding hydrogens is 451 g/mol. The second-order valence-corrected chi connectivity index (χ2v) is 8.72. The summed E-state index contributed by atoms with van der Waals surface area (Å²) in [6.45, 7) is 1.81. The van der Waals surface area contributed by atoms with E-state index in [4.69, 9.17) is 4.74 Å². The summed E-state index contributed by atoms with van der Waals surface area (Å²) in [7, 11) is -4.31. The van der Waals surface area contributed by atoms with Crippen molar-refractivity contribution in [1.29, 1.82) is 0 Å². The van der Waals surface area contributed by atoms with E-state index in [0.717, 1.165) is 40.7 Å². The summed E-state index contributed by atoms with van der Waals surface area (Å²) in [5.41, 5.74) is -0.252. The number of piperazine rings is 1. The van der Waals surface area contributed by atoms with Gasteiger partial charge in [-0.05, 0) is 37.3 Å². The third kappa shape index (κ3) is 5.02. The predicted molar refractivity (Wildman–Crippen MR) is 108 cm³/mol. The number of ether oxygens (including phenoxy) is 1. The lowest BCUT2D eigenvalue weighted by Crippen LogP contribution is -2.50. The summed E-state index contributed by atoms with van der Waals surface area (Å²) in [6, 6.07) is 5.49. The lowest BCUT2D eigenvalue weighted by atomic mass is 10.2. The third-order valence-corrected chi connectivity index (χ3v) is 6.67. The van der Waals surface area contributed by atoms with E-state index >= 15 is 0 Å². The van der Waals surface area contributed by atoms with Gasteiger partial charge in [0.1, 0.15) is 10.7 Å². The summed E-state index contributed by atoms with van der Waals surface area (Å²) in [5, 5.41) is 2.30. The van der Waals surface area contributed by atoms with Crippen molar-refractivity contribution in [2.24, 2.45) is 0 Å². The molecular formula is C20H20F3N3O5S. The van der Waals surface area contributed by atoms with Gasteiger partial charge >= 0.3 is 6.09 Å². The number of nitrogens with one attached hydrogen (secondary N) is 1. The van der Waals surface area contributed by atoms with Crippen LogP contribution in [0.15, 0.2) is 41.3 Å². The molecule has 0 atom stereocenters. The molecule has 0 saturated carbocycles. The maximum atomic E-state index is 14.4. The van der Waals surface area contributed by atoms with Crippen molar-refractivity contribution in [2.45, 2.75) is 11.8 Å². The number of anilines is 1. The first-order valence-electron chi connectivity index (χ1n) is 9.61. The average molecular weight is 471 g/mol. The fraction of sp³-hybridized carbons (Fsp3) is 0.300. The van der Waals surface area contributed by atoms with E-state index in [9.17, 15) is 31.2 Å². The zero-order valence-electron chi connectivity index (χ0n) is 17.0. The van der Waals surface area contributed by atoms with Crippen molar-refractivity contribution in [1.82, 2.24) is 9.21 Å². The maximum absolute atomic E-state index is 14.4. The zero-order chi connectivity index (χ0) is 23.5. The zero-order valence-corrected chi connectivity index (χ0v) is 17.8. The molecule has 172 valence electrons. The molecule has 0 aromatic heterocycles. The van der Waals surface area contributed by atoms with Crippen LogP contribution in [0.1, 0.15) is 17.3 Å². The number of carbonyl (C=O) groups excluding carboxylic acids is 2. The Kier molecular flexibility index (Phi) is 7.04. The van der Waals surface area contributed by atoms with Crippen molar-refractivity contribution >= 4 is 27.7 Å². The molecule has 12 heteroatoms. The van der Waals surface area contributed by atoms with Crippen LogP contribution in [0.5, 0.6) is 0 Å². The highest BCUT2D eigenvalue weighted by molar-refractivity contribution is 7.89. The van der Waals surface area contributed by atoms with Gasteiger partial charge in [0.15, 0.2) is 11.6 Å². The van der Waals surface area contributed by atoms with Crippen LogP contribution < -0.4 is 5.32 Å². The molecule has 1 heterocycles. The van der Waals surface area contributed by atoms with Gasteiger partial charge in [0.05, 0.1) is 6.61 Å². The van der Waals surface area contributed by atoms with Crippen molar-refractivity contribution in [3.05, 3.63) is 59.4 Å². The second-order valence-electron chi connectivity index (χ2n) is 6.82. The topological polar surface area (TPSA) is 96.0 Å². The SMILES string of the molecule is CCOC(=O)N1CCN(S(=O)(=O)c2cc(C(=O)Nc3ccc(F)c(F)c3)ccc2F)CC1. The number of carbonyl (C=O) groups is 2. The van der Waals surface area contributed by atoms with Crippen LogP contribution >= 0.6 is 0 Å². The molecule has 1 aliphatic rings. The molecule has 1 fully saturated rings. The van der Waals surface area contributed by atoms with Crippen molar-refractivity contribution in [3.8, 4) is 0 Å². The lowest BCUT2D eigenvalue weighted by Gasteiger charge is -2.33. The van der Waals surface area contributed by atoms with Gasteiger partial charge in [0.25, 0.3) is 5.91 Å². The number of benzene rings is 2. The molecule has 0 aliphatic carbocycles. The van der Waals surface area contributed by atoms with E-state index in [0.29, 0.717) is 0 Å². The van der Waals surface area contributed by atoms with Crippen LogP contribution in [0.2, 0.25) is 0 Å². The van der Waals surface area contributed by atoms with Gasteiger partial charge in [-0.15, -0.1) is 0 Å². The first-order chi connectivity index (χ1) is 15.1. The van der Waals surface area contributed by atoms with Crippen molar-refractivity contribution in [3.63, 3.8) is 0 Å². The minimum Gasteiger partial charge on any atom is -0.450 e. The van der Waals surface area contributed by atoms with E-state index < -0.39 is 44.4 Å². The van der Waals surface area contributed by atoms with Crippen LogP contribution in [0, 0.1) is 17.5 Å². The van der Waals surface area contributed by atoms with Gasteiger partial charge in [0.2, 0.25) is 10.0 Å². The molecule has 0 bridgehead atoms. The standard InChI is InChI=1S/C20H20F3N3O5S/c1-2-31-20(28)25-7-9-26(10-8-25)32(29,30)18-11-13(3-5-16(18)22)19(27)24-14-4-6-15(21)17(23)12-14/h3-6,11-12H,2,7-10H2,1H3,(H,24,27). The molecule has 8 nitrogen and oxygen atoms in total. The van der Waals surface area contributed by atoms with Crippen LogP contribution in [0.25, 0.3) is 0 Å². The number of nitrogens with zero attached hydrogens (tertiary/aromatic N) is 2. The van der Waals surface area contributed by atoms with E-state index in [-0.39, 0.29) is 44.0 Å². The Labute approximate surface area is 182 Å². The number of rotatable bonds is 5. The molecule has 2 amide bonds. The number of hydrogen-bond acceptors (Lipinski definition) is 5. The average Bonchev–Trinajstić information content (AvgIpc) is 2.76. The number of amides is 2. The Morgan fingerprint density at radius 3 is 2.25 bits per heavy atom. The molecule has 2 aromatic rings. The fourth-order valence-corrected chi connectivity index (χ4v) is 4.60. The number of sulfonamides is 1. The predicted octanol–water partition coefficient (Wildman–Crippen LogP) is 2.82. The van der Waals surface area contributed by atoms with Gasteiger partial charge in [0, 0.05) is 43.5 Å². The molecule has 2 aromatic carbocycles. The molecule has 3 rings (SSSR count). The quantitative estimate of drug-likeness (QED) is 0.724. The van der Waals surface area contributed by atoms with E-state index in [2.05, 4.69) is 5.32 Å².